The van der Waals surface area contributed by atoms with E-state index in [0.717, 1.165) is 11.0 Å². The molecule has 1 heterocycles. The summed E-state index contributed by atoms with van der Waals surface area (Å²) in [6.45, 7) is 4.13. The molecule has 0 aliphatic rings. The standard InChI is InChI=1S/C16H16N2O2/c1-10(2)18-13-8-4-3-7-12(13)17-16(18)11-6-5-9-14(19)15(11)20/h3-10,19-20H,1-2H3. The molecular weight excluding hydrogens is 252 g/mol. The summed E-state index contributed by atoms with van der Waals surface area (Å²) in [5.74, 6) is 0.393. The summed E-state index contributed by atoms with van der Waals surface area (Å²) in [6.07, 6.45) is 0. The zero-order valence-electron chi connectivity index (χ0n) is 11.4. The summed E-state index contributed by atoms with van der Waals surface area (Å²) >= 11 is 0. The maximum absolute atomic E-state index is 10.1. The third kappa shape index (κ3) is 1.81. The largest absolute Gasteiger partial charge is 0.504 e. The number of phenols is 2. The molecule has 0 saturated heterocycles. The monoisotopic (exact) mass is 268 g/mol. The van der Waals surface area contributed by atoms with Crippen molar-refractivity contribution in [3.05, 3.63) is 42.5 Å². The van der Waals surface area contributed by atoms with Crippen molar-refractivity contribution >= 4 is 11.0 Å². The first-order chi connectivity index (χ1) is 9.59. The molecule has 0 amide bonds. The molecule has 102 valence electrons. The number of benzene rings is 2. The van der Waals surface area contributed by atoms with Gasteiger partial charge < -0.3 is 14.8 Å². The lowest BCUT2D eigenvalue weighted by Crippen LogP contribution is -2.03. The van der Waals surface area contributed by atoms with Crippen LogP contribution >= 0.6 is 0 Å². The number of hydrogen-bond acceptors (Lipinski definition) is 3. The van der Waals surface area contributed by atoms with Crippen LogP contribution in [0.25, 0.3) is 22.4 Å². The van der Waals surface area contributed by atoms with Crippen LogP contribution in [0.1, 0.15) is 19.9 Å². The van der Waals surface area contributed by atoms with Gasteiger partial charge in [-0.25, -0.2) is 4.98 Å². The minimum atomic E-state index is -0.135. The molecule has 0 bridgehead atoms. The summed E-state index contributed by atoms with van der Waals surface area (Å²) in [4.78, 5) is 4.60. The van der Waals surface area contributed by atoms with E-state index in [2.05, 4.69) is 23.4 Å². The smallest absolute Gasteiger partial charge is 0.168 e. The highest BCUT2D eigenvalue weighted by Gasteiger charge is 2.18. The van der Waals surface area contributed by atoms with Gasteiger partial charge in [-0.2, -0.15) is 0 Å². The molecule has 0 fully saturated rings. The number of phenolic OH excluding ortho intramolecular Hbond substituents is 2. The molecule has 0 unspecified atom stereocenters. The first kappa shape index (κ1) is 12.5. The second-order valence-electron chi connectivity index (χ2n) is 5.06. The normalized spacial score (nSPS) is 11.3. The van der Waals surface area contributed by atoms with Gasteiger partial charge >= 0.3 is 0 Å². The van der Waals surface area contributed by atoms with Crippen molar-refractivity contribution in [2.75, 3.05) is 0 Å². The van der Waals surface area contributed by atoms with Crippen LogP contribution in [-0.2, 0) is 0 Å². The number of para-hydroxylation sites is 3. The topological polar surface area (TPSA) is 58.3 Å². The lowest BCUT2D eigenvalue weighted by Gasteiger charge is -2.14. The fraction of sp³-hybridized carbons (Fsp3) is 0.188. The van der Waals surface area contributed by atoms with Gasteiger partial charge in [0.2, 0.25) is 0 Å². The van der Waals surface area contributed by atoms with Gasteiger partial charge in [-0.15, -0.1) is 0 Å². The minimum Gasteiger partial charge on any atom is -0.504 e. The molecule has 3 aromatic rings. The van der Waals surface area contributed by atoms with Gasteiger partial charge in [-0.05, 0) is 38.1 Å². The van der Waals surface area contributed by atoms with Gasteiger partial charge in [-0.3, -0.25) is 0 Å². The van der Waals surface area contributed by atoms with Gasteiger partial charge in [0.1, 0.15) is 5.82 Å². The Hall–Kier alpha value is -2.49. The van der Waals surface area contributed by atoms with Gasteiger partial charge in [0.15, 0.2) is 11.5 Å². The average molecular weight is 268 g/mol. The zero-order valence-corrected chi connectivity index (χ0v) is 11.4. The Labute approximate surface area is 116 Å². The van der Waals surface area contributed by atoms with Crippen LogP contribution in [0.2, 0.25) is 0 Å². The summed E-state index contributed by atoms with van der Waals surface area (Å²) < 4.78 is 2.06. The lowest BCUT2D eigenvalue weighted by molar-refractivity contribution is 0.404. The predicted octanol–water partition coefficient (Wildman–Crippen LogP) is 3.70. The Bertz CT molecular complexity index is 775. The van der Waals surface area contributed by atoms with E-state index in [0.29, 0.717) is 11.4 Å². The molecular formula is C16H16N2O2. The van der Waals surface area contributed by atoms with Crippen LogP contribution in [0, 0.1) is 0 Å². The molecule has 1 aromatic heterocycles. The lowest BCUT2D eigenvalue weighted by atomic mass is 10.1. The van der Waals surface area contributed by atoms with Crippen molar-refractivity contribution in [1.82, 2.24) is 9.55 Å². The summed E-state index contributed by atoms with van der Waals surface area (Å²) in [7, 11) is 0. The summed E-state index contributed by atoms with van der Waals surface area (Å²) in [5, 5.41) is 19.8. The van der Waals surface area contributed by atoms with E-state index < -0.39 is 0 Å². The Kier molecular flexibility index (Phi) is 2.86. The second-order valence-corrected chi connectivity index (χ2v) is 5.06. The Morgan fingerprint density at radius 3 is 2.50 bits per heavy atom. The van der Waals surface area contributed by atoms with Crippen molar-refractivity contribution < 1.29 is 10.2 Å². The molecule has 3 rings (SSSR count). The average Bonchev–Trinajstić information content (AvgIpc) is 2.81. The van der Waals surface area contributed by atoms with E-state index in [-0.39, 0.29) is 17.5 Å². The number of nitrogens with zero attached hydrogens (tertiary/aromatic N) is 2. The van der Waals surface area contributed by atoms with Crippen molar-refractivity contribution in [2.24, 2.45) is 0 Å². The van der Waals surface area contributed by atoms with E-state index in [1.165, 1.54) is 6.07 Å². The fourth-order valence-corrected chi connectivity index (χ4v) is 2.47. The molecule has 0 radical (unpaired) electrons. The van der Waals surface area contributed by atoms with Crippen LogP contribution < -0.4 is 0 Å². The van der Waals surface area contributed by atoms with Gasteiger partial charge in [0.05, 0.1) is 16.6 Å². The van der Waals surface area contributed by atoms with Crippen LogP contribution in [0.3, 0.4) is 0 Å². The molecule has 0 atom stereocenters. The molecule has 0 spiro atoms. The molecule has 20 heavy (non-hydrogen) atoms. The molecule has 0 saturated carbocycles. The van der Waals surface area contributed by atoms with Crippen LogP contribution in [0.4, 0.5) is 0 Å². The summed E-state index contributed by atoms with van der Waals surface area (Å²) in [6, 6.07) is 13.0. The highest BCUT2D eigenvalue weighted by molar-refractivity contribution is 5.82. The number of fused-ring (bicyclic) bond motifs is 1. The highest BCUT2D eigenvalue weighted by Crippen LogP contribution is 2.38. The maximum atomic E-state index is 10.1. The van der Waals surface area contributed by atoms with Crippen molar-refractivity contribution in [3.8, 4) is 22.9 Å². The molecule has 2 aromatic carbocycles. The van der Waals surface area contributed by atoms with E-state index in [1.807, 2.05) is 24.3 Å². The molecule has 0 aliphatic carbocycles. The first-order valence-electron chi connectivity index (χ1n) is 6.58. The van der Waals surface area contributed by atoms with E-state index in [4.69, 9.17) is 0 Å². The number of aromatic nitrogens is 2. The van der Waals surface area contributed by atoms with Crippen LogP contribution in [0.15, 0.2) is 42.5 Å². The van der Waals surface area contributed by atoms with Crippen LogP contribution in [-0.4, -0.2) is 19.8 Å². The van der Waals surface area contributed by atoms with Crippen molar-refractivity contribution in [1.29, 1.82) is 0 Å². The van der Waals surface area contributed by atoms with E-state index in [1.54, 1.807) is 12.1 Å². The Balaban J connectivity index is 2.36. The predicted molar refractivity (Wildman–Crippen MR) is 78.9 cm³/mol. The van der Waals surface area contributed by atoms with Gasteiger partial charge in [0, 0.05) is 6.04 Å². The Morgan fingerprint density at radius 1 is 1.00 bits per heavy atom. The van der Waals surface area contributed by atoms with Crippen molar-refractivity contribution in [3.63, 3.8) is 0 Å². The first-order valence-corrected chi connectivity index (χ1v) is 6.58. The highest BCUT2D eigenvalue weighted by atomic mass is 16.3. The zero-order chi connectivity index (χ0) is 14.3. The van der Waals surface area contributed by atoms with E-state index >= 15 is 0 Å². The molecule has 0 aliphatic heterocycles. The van der Waals surface area contributed by atoms with Crippen molar-refractivity contribution in [2.45, 2.75) is 19.9 Å². The molecule has 4 nitrogen and oxygen atoms in total. The minimum absolute atomic E-state index is 0.134. The fourth-order valence-electron chi connectivity index (χ4n) is 2.47. The van der Waals surface area contributed by atoms with Gasteiger partial charge in [-0.1, -0.05) is 18.2 Å². The quantitative estimate of drug-likeness (QED) is 0.697. The third-order valence-electron chi connectivity index (χ3n) is 3.37. The van der Waals surface area contributed by atoms with Crippen LogP contribution in [0.5, 0.6) is 11.5 Å². The Morgan fingerprint density at radius 2 is 1.75 bits per heavy atom. The SMILES string of the molecule is CC(C)n1c(-c2cccc(O)c2O)nc2ccccc21. The number of hydrogen-bond donors (Lipinski definition) is 2. The molecule has 4 heteroatoms. The number of aromatic hydroxyl groups is 2. The second kappa shape index (κ2) is 4.56. The summed E-state index contributed by atoms with van der Waals surface area (Å²) in [5.41, 5.74) is 2.43. The van der Waals surface area contributed by atoms with E-state index in [9.17, 15) is 10.2 Å². The van der Waals surface area contributed by atoms with Gasteiger partial charge in [0.25, 0.3) is 0 Å². The molecule has 2 N–H and O–H groups in total. The third-order valence-corrected chi connectivity index (χ3v) is 3.37. The number of imidazole rings is 1. The maximum Gasteiger partial charge on any atom is 0.168 e. The number of rotatable bonds is 2.